The molecule has 2 saturated heterocycles. The summed E-state index contributed by atoms with van der Waals surface area (Å²) < 4.78 is 1.88. The average molecular weight is 353 g/mol. The minimum Gasteiger partial charge on any atom is -0.341 e. The van der Waals surface area contributed by atoms with E-state index in [1.54, 1.807) is 12.7 Å². The molecule has 0 radical (unpaired) electrons. The molecule has 1 amide bonds. The molecule has 2 atom stereocenters. The standard InChI is InChI=1S/C20H27N5O/c26-20(19-9-5-10-23(19)12-17-6-2-1-3-7-17)24-11-4-8-18(13-24)14-25-16-21-15-22-25/h1-3,6-7,15-16,18-19H,4-5,8-14H2. The van der Waals surface area contributed by atoms with Crippen LogP contribution in [0, 0.1) is 5.92 Å². The van der Waals surface area contributed by atoms with E-state index >= 15 is 0 Å². The maximum Gasteiger partial charge on any atom is 0.239 e. The summed E-state index contributed by atoms with van der Waals surface area (Å²) in [5.74, 6) is 0.792. The third kappa shape index (κ3) is 3.96. The summed E-state index contributed by atoms with van der Waals surface area (Å²) in [6.07, 6.45) is 7.67. The Kier molecular flexibility index (Phi) is 5.29. The first-order valence-electron chi connectivity index (χ1n) is 9.69. The maximum atomic E-state index is 13.2. The fourth-order valence-electron chi connectivity index (χ4n) is 4.33. The summed E-state index contributed by atoms with van der Waals surface area (Å²) in [4.78, 5) is 21.7. The maximum absolute atomic E-state index is 13.2. The molecule has 2 fully saturated rings. The number of likely N-dealkylation sites (tertiary alicyclic amines) is 2. The summed E-state index contributed by atoms with van der Waals surface area (Å²) >= 11 is 0. The lowest BCUT2D eigenvalue weighted by molar-refractivity contribution is -0.138. The van der Waals surface area contributed by atoms with Crippen LogP contribution in [0.2, 0.25) is 0 Å². The van der Waals surface area contributed by atoms with Gasteiger partial charge in [0.1, 0.15) is 12.7 Å². The molecule has 0 saturated carbocycles. The Morgan fingerprint density at radius 1 is 1.12 bits per heavy atom. The molecular formula is C20H27N5O. The van der Waals surface area contributed by atoms with Crippen molar-refractivity contribution in [1.29, 1.82) is 0 Å². The molecule has 0 aliphatic carbocycles. The number of aromatic nitrogens is 3. The van der Waals surface area contributed by atoms with Gasteiger partial charge < -0.3 is 4.90 Å². The van der Waals surface area contributed by atoms with Gasteiger partial charge in [0.05, 0.1) is 6.04 Å². The van der Waals surface area contributed by atoms with Crippen LogP contribution < -0.4 is 0 Å². The number of carbonyl (C=O) groups is 1. The van der Waals surface area contributed by atoms with Gasteiger partial charge >= 0.3 is 0 Å². The van der Waals surface area contributed by atoms with E-state index in [1.165, 1.54) is 5.56 Å². The molecule has 6 nitrogen and oxygen atoms in total. The molecule has 1 aromatic heterocycles. The van der Waals surface area contributed by atoms with Crippen molar-refractivity contribution < 1.29 is 4.79 Å². The fraction of sp³-hybridized carbons (Fsp3) is 0.550. The molecule has 0 N–H and O–H groups in total. The molecule has 2 aliphatic rings. The summed E-state index contributed by atoms with van der Waals surface area (Å²) in [6, 6.07) is 10.5. The van der Waals surface area contributed by atoms with Crippen LogP contribution in [-0.4, -0.2) is 56.1 Å². The Morgan fingerprint density at radius 2 is 1.96 bits per heavy atom. The Balaban J connectivity index is 1.37. The van der Waals surface area contributed by atoms with Gasteiger partial charge in [-0.3, -0.25) is 14.4 Å². The van der Waals surface area contributed by atoms with Crippen LogP contribution in [0.25, 0.3) is 0 Å². The highest BCUT2D eigenvalue weighted by atomic mass is 16.2. The molecule has 26 heavy (non-hydrogen) atoms. The number of benzene rings is 1. The molecule has 0 spiro atoms. The van der Waals surface area contributed by atoms with Crippen molar-refractivity contribution in [3.8, 4) is 0 Å². The summed E-state index contributed by atoms with van der Waals surface area (Å²) in [5, 5.41) is 4.21. The molecule has 3 heterocycles. The summed E-state index contributed by atoms with van der Waals surface area (Å²) in [6.45, 7) is 4.47. The van der Waals surface area contributed by atoms with E-state index in [-0.39, 0.29) is 6.04 Å². The normalized spacial score (nSPS) is 24.1. The van der Waals surface area contributed by atoms with E-state index in [0.29, 0.717) is 11.8 Å². The summed E-state index contributed by atoms with van der Waals surface area (Å²) in [5.41, 5.74) is 1.29. The van der Waals surface area contributed by atoms with Crippen molar-refractivity contribution in [1.82, 2.24) is 24.6 Å². The molecule has 2 unspecified atom stereocenters. The SMILES string of the molecule is O=C(C1CCCN1Cc1ccccc1)N1CCCC(Cn2cncn2)C1. The molecule has 2 aliphatic heterocycles. The van der Waals surface area contributed by atoms with E-state index < -0.39 is 0 Å². The lowest BCUT2D eigenvalue weighted by atomic mass is 9.97. The van der Waals surface area contributed by atoms with Crippen molar-refractivity contribution in [2.45, 2.75) is 44.8 Å². The quantitative estimate of drug-likeness (QED) is 0.827. The Hall–Kier alpha value is -2.21. The average Bonchev–Trinajstić information content (AvgIpc) is 3.34. The minimum atomic E-state index is 0.0420. The van der Waals surface area contributed by atoms with Gasteiger partial charge in [0.25, 0.3) is 0 Å². The van der Waals surface area contributed by atoms with Crippen LogP contribution in [0.1, 0.15) is 31.2 Å². The first-order chi connectivity index (χ1) is 12.8. The topological polar surface area (TPSA) is 54.3 Å². The van der Waals surface area contributed by atoms with Gasteiger partial charge in [-0.15, -0.1) is 0 Å². The van der Waals surface area contributed by atoms with Gasteiger partial charge in [0.2, 0.25) is 5.91 Å². The second kappa shape index (κ2) is 7.99. The number of nitrogens with zero attached hydrogens (tertiary/aromatic N) is 5. The zero-order valence-corrected chi connectivity index (χ0v) is 15.2. The Labute approximate surface area is 154 Å². The minimum absolute atomic E-state index is 0.0420. The zero-order valence-electron chi connectivity index (χ0n) is 15.2. The Bertz CT molecular complexity index is 702. The van der Waals surface area contributed by atoms with Crippen LogP contribution >= 0.6 is 0 Å². The van der Waals surface area contributed by atoms with Crippen molar-refractivity contribution in [2.24, 2.45) is 5.92 Å². The monoisotopic (exact) mass is 353 g/mol. The third-order valence-electron chi connectivity index (χ3n) is 5.62. The first-order valence-corrected chi connectivity index (χ1v) is 9.69. The van der Waals surface area contributed by atoms with Gasteiger partial charge in [-0.2, -0.15) is 5.10 Å². The van der Waals surface area contributed by atoms with E-state index in [4.69, 9.17) is 0 Å². The fourth-order valence-corrected chi connectivity index (χ4v) is 4.33. The number of piperidine rings is 1. The van der Waals surface area contributed by atoms with Crippen LogP contribution in [0.4, 0.5) is 0 Å². The second-order valence-corrected chi connectivity index (χ2v) is 7.52. The molecule has 2 aromatic rings. The largest absolute Gasteiger partial charge is 0.341 e. The lowest BCUT2D eigenvalue weighted by Gasteiger charge is -2.36. The number of hydrogen-bond donors (Lipinski definition) is 0. The summed E-state index contributed by atoms with van der Waals surface area (Å²) in [7, 11) is 0. The predicted octanol–water partition coefficient (Wildman–Crippen LogP) is 2.18. The van der Waals surface area contributed by atoms with Gasteiger partial charge in [-0.25, -0.2) is 4.98 Å². The van der Waals surface area contributed by atoms with Crippen molar-refractivity contribution in [3.63, 3.8) is 0 Å². The van der Waals surface area contributed by atoms with E-state index in [2.05, 4.69) is 44.1 Å². The van der Waals surface area contributed by atoms with Crippen molar-refractivity contribution in [3.05, 3.63) is 48.5 Å². The molecule has 4 rings (SSSR count). The molecule has 1 aromatic carbocycles. The highest BCUT2D eigenvalue weighted by molar-refractivity contribution is 5.82. The van der Waals surface area contributed by atoms with Gasteiger partial charge in [0.15, 0.2) is 0 Å². The number of hydrogen-bond acceptors (Lipinski definition) is 4. The first kappa shape index (κ1) is 17.2. The molecule has 0 bridgehead atoms. The van der Waals surface area contributed by atoms with E-state index in [1.807, 2.05) is 10.7 Å². The van der Waals surface area contributed by atoms with E-state index in [9.17, 15) is 4.79 Å². The smallest absolute Gasteiger partial charge is 0.239 e. The van der Waals surface area contributed by atoms with Gasteiger partial charge in [0, 0.05) is 26.2 Å². The molecule has 138 valence electrons. The zero-order chi connectivity index (χ0) is 17.8. The second-order valence-electron chi connectivity index (χ2n) is 7.52. The Morgan fingerprint density at radius 3 is 2.77 bits per heavy atom. The number of carbonyl (C=O) groups excluding carboxylic acids is 1. The lowest BCUT2D eigenvalue weighted by Crippen LogP contribution is -2.49. The number of rotatable bonds is 5. The molecule has 6 heteroatoms. The number of amides is 1. The third-order valence-corrected chi connectivity index (χ3v) is 5.62. The van der Waals surface area contributed by atoms with Crippen LogP contribution in [-0.2, 0) is 17.9 Å². The van der Waals surface area contributed by atoms with Gasteiger partial charge in [-0.1, -0.05) is 30.3 Å². The van der Waals surface area contributed by atoms with Crippen LogP contribution in [0.15, 0.2) is 43.0 Å². The predicted molar refractivity (Wildman–Crippen MR) is 99.2 cm³/mol. The van der Waals surface area contributed by atoms with Crippen LogP contribution in [0.3, 0.4) is 0 Å². The van der Waals surface area contributed by atoms with Crippen LogP contribution in [0.5, 0.6) is 0 Å². The van der Waals surface area contributed by atoms with E-state index in [0.717, 1.165) is 58.4 Å². The highest BCUT2D eigenvalue weighted by Gasteiger charge is 2.35. The van der Waals surface area contributed by atoms with Crippen molar-refractivity contribution in [2.75, 3.05) is 19.6 Å². The van der Waals surface area contributed by atoms with Crippen molar-refractivity contribution >= 4 is 5.91 Å². The molecular weight excluding hydrogens is 326 g/mol. The highest BCUT2D eigenvalue weighted by Crippen LogP contribution is 2.25. The van der Waals surface area contributed by atoms with Gasteiger partial charge in [-0.05, 0) is 43.7 Å².